The van der Waals surface area contributed by atoms with Gasteiger partial charge in [0.05, 0.1) is 0 Å². The number of halogens is 4. The molecule has 0 fully saturated rings. The first-order chi connectivity index (χ1) is 13.4. The van der Waals surface area contributed by atoms with Crippen molar-refractivity contribution in [1.82, 2.24) is 4.72 Å². The van der Waals surface area contributed by atoms with E-state index in [2.05, 4.69) is 29.8 Å². The molecule has 0 saturated heterocycles. The molecule has 0 heterocycles. The van der Waals surface area contributed by atoms with Crippen LogP contribution in [-0.2, 0) is 6.42 Å². The van der Waals surface area contributed by atoms with Gasteiger partial charge in [0.15, 0.2) is 0 Å². The highest BCUT2D eigenvalue weighted by atomic mass is 35.5. The molecule has 0 amide bonds. The first-order valence-corrected chi connectivity index (χ1v) is 11.1. The summed E-state index contributed by atoms with van der Waals surface area (Å²) >= 11 is 26.3. The third-order valence-electron chi connectivity index (χ3n) is 4.48. The third kappa shape index (κ3) is 6.06. The summed E-state index contributed by atoms with van der Waals surface area (Å²) in [5.41, 5.74) is 2.32. The van der Waals surface area contributed by atoms with Crippen LogP contribution in [0.2, 0.25) is 20.1 Å². The van der Waals surface area contributed by atoms with E-state index >= 15 is 0 Å². The molecule has 0 bridgehead atoms. The van der Waals surface area contributed by atoms with Crippen molar-refractivity contribution in [1.29, 1.82) is 0 Å². The lowest BCUT2D eigenvalue weighted by atomic mass is 9.87. The van der Waals surface area contributed by atoms with Gasteiger partial charge in [-0.25, -0.2) is 0 Å². The molecule has 3 rings (SSSR count). The number of hydrogen-bond donors (Lipinski definition) is 1. The fraction of sp³-hybridized carbons (Fsp3) is 0.182. The van der Waals surface area contributed by atoms with E-state index in [0.717, 1.165) is 26.9 Å². The molecule has 6 heteroatoms. The molecule has 0 aromatic heterocycles. The fourth-order valence-corrected chi connectivity index (χ4v) is 4.95. The Morgan fingerprint density at radius 2 is 1.46 bits per heavy atom. The highest BCUT2D eigenvalue weighted by Crippen LogP contribution is 2.33. The maximum atomic E-state index is 6.52. The van der Waals surface area contributed by atoms with Gasteiger partial charge in [0.1, 0.15) is 0 Å². The molecule has 0 spiro atoms. The summed E-state index contributed by atoms with van der Waals surface area (Å²) in [5, 5.41) is 2.74. The predicted molar refractivity (Wildman–Crippen MR) is 124 cm³/mol. The van der Waals surface area contributed by atoms with Gasteiger partial charge in [-0.2, -0.15) is 0 Å². The number of rotatable bonds is 7. The van der Waals surface area contributed by atoms with Crippen molar-refractivity contribution in [3.8, 4) is 0 Å². The van der Waals surface area contributed by atoms with Crippen molar-refractivity contribution >= 4 is 58.4 Å². The summed E-state index contributed by atoms with van der Waals surface area (Å²) in [6, 6.07) is 21.6. The Labute approximate surface area is 190 Å². The van der Waals surface area contributed by atoms with Crippen LogP contribution in [0.15, 0.2) is 71.6 Å². The van der Waals surface area contributed by atoms with Crippen molar-refractivity contribution in [2.75, 3.05) is 0 Å². The summed E-state index contributed by atoms with van der Waals surface area (Å²) in [4.78, 5) is 0.966. The summed E-state index contributed by atoms with van der Waals surface area (Å²) in [5.74, 6) is 0.178. The molecule has 1 N–H and O–H groups in total. The van der Waals surface area contributed by atoms with E-state index in [1.54, 1.807) is 6.07 Å². The van der Waals surface area contributed by atoms with Gasteiger partial charge in [-0.1, -0.05) is 76.7 Å². The Morgan fingerprint density at radius 3 is 2.11 bits per heavy atom. The summed E-state index contributed by atoms with van der Waals surface area (Å²) in [7, 11) is 0. The molecular formula is C22H19Cl4NS. The smallest absolute Gasteiger partial charge is 0.0441 e. The van der Waals surface area contributed by atoms with Crippen LogP contribution >= 0.6 is 58.4 Å². The Balaban J connectivity index is 1.80. The quantitative estimate of drug-likeness (QED) is 0.348. The highest BCUT2D eigenvalue weighted by molar-refractivity contribution is 7.97. The normalized spacial score (nSPS) is 13.3. The highest BCUT2D eigenvalue weighted by Gasteiger charge is 2.22. The molecular weight excluding hydrogens is 452 g/mol. The summed E-state index contributed by atoms with van der Waals surface area (Å²) in [6.45, 7) is 2.16. The second-order valence-electron chi connectivity index (χ2n) is 6.57. The first kappa shape index (κ1) is 21.8. The van der Waals surface area contributed by atoms with E-state index in [4.69, 9.17) is 46.4 Å². The number of benzene rings is 3. The van der Waals surface area contributed by atoms with Crippen molar-refractivity contribution in [3.63, 3.8) is 0 Å². The van der Waals surface area contributed by atoms with Gasteiger partial charge in [0, 0.05) is 36.9 Å². The zero-order valence-electron chi connectivity index (χ0n) is 15.1. The standard InChI is InChI=1S/C22H19Cl4NS/c1-14(27-28-19-12-17(24)11-18(25)13-19)21(20-4-2-3-5-22(20)26)10-15-6-8-16(23)9-7-15/h2-9,11-14,21,27H,10H2,1H3. The predicted octanol–water partition coefficient (Wildman–Crippen LogP) is 8.31. The van der Waals surface area contributed by atoms with Gasteiger partial charge in [-0.15, -0.1) is 0 Å². The summed E-state index contributed by atoms with van der Waals surface area (Å²) in [6.07, 6.45) is 0.839. The molecule has 3 aromatic rings. The molecule has 0 saturated carbocycles. The van der Waals surface area contributed by atoms with Gasteiger partial charge in [-0.3, -0.25) is 4.72 Å². The number of hydrogen-bond acceptors (Lipinski definition) is 2. The molecule has 146 valence electrons. The van der Waals surface area contributed by atoms with Gasteiger partial charge in [0.25, 0.3) is 0 Å². The second-order valence-corrected chi connectivity index (χ2v) is 9.20. The van der Waals surface area contributed by atoms with E-state index in [0.29, 0.717) is 10.0 Å². The molecule has 28 heavy (non-hydrogen) atoms. The van der Waals surface area contributed by atoms with E-state index in [1.165, 1.54) is 17.5 Å². The van der Waals surface area contributed by atoms with Crippen molar-refractivity contribution in [2.24, 2.45) is 0 Å². The van der Waals surface area contributed by atoms with Crippen LogP contribution < -0.4 is 4.72 Å². The average Bonchev–Trinajstić information content (AvgIpc) is 2.66. The zero-order chi connectivity index (χ0) is 20.1. The van der Waals surface area contributed by atoms with Crippen LogP contribution in [0.3, 0.4) is 0 Å². The Bertz CT molecular complexity index is 910. The molecule has 2 atom stereocenters. The Kier molecular flexibility index (Phi) is 7.99. The average molecular weight is 471 g/mol. The summed E-state index contributed by atoms with van der Waals surface area (Å²) < 4.78 is 3.53. The van der Waals surface area contributed by atoms with Crippen LogP contribution in [0.25, 0.3) is 0 Å². The maximum absolute atomic E-state index is 6.52. The SMILES string of the molecule is CC(NSc1cc(Cl)cc(Cl)c1)C(Cc1ccc(Cl)cc1)c1ccccc1Cl. The minimum Gasteiger partial charge on any atom is -0.256 e. The molecule has 0 aliphatic heterocycles. The maximum Gasteiger partial charge on any atom is 0.0441 e. The molecule has 3 aromatic carbocycles. The van der Waals surface area contributed by atoms with Crippen molar-refractivity contribution in [2.45, 2.75) is 30.2 Å². The van der Waals surface area contributed by atoms with Crippen molar-refractivity contribution < 1.29 is 0 Å². The molecule has 1 nitrogen and oxygen atoms in total. The van der Waals surface area contributed by atoms with Crippen LogP contribution in [0.1, 0.15) is 24.0 Å². The first-order valence-electron chi connectivity index (χ1n) is 8.79. The lowest BCUT2D eigenvalue weighted by Gasteiger charge is -2.26. The van der Waals surface area contributed by atoms with E-state index in [9.17, 15) is 0 Å². The van der Waals surface area contributed by atoms with Crippen LogP contribution in [-0.4, -0.2) is 6.04 Å². The van der Waals surface area contributed by atoms with Gasteiger partial charge < -0.3 is 0 Å². The molecule has 2 unspecified atom stereocenters. The largest absolute Gasteiger partial charge is 0.256 e. The lowest BCUT2D eigenvalue weighted by Crippen LogP contribution is -2.29. The monoisotopic (exact) mass is 469 g/mol. The van der Waals surface area contributed by atoms with Crippen LogP contribution in [0.5, 0.6) is 0 Å². The van der Waals surface area contributed by atoms with Crippen molar-refractivity contribution in [3.05, 3.63) is 97.9 Å². The minimum atomic E-state index is 0.137. The minimum absolute atomic E-state index is 0.137. The number of nitrogens with one attached hydrogen (secondary N) is 1. The van der Waals surface area contributed by atoms with Gasteiger partial charge >= 0.3 is 0 Å². The Morgan fingerprint density at radius 1 is 0.821 bits per heavy atom. The van der Waals surface area contributed by atoms with E-state index < -0.39 is 0 Å². The van der Waals surface area contributed by atoms with Gasteiger partial charge in [-0.05, 0) is 72.8 Å². The molecule has 0 aliphatic rings. The Hall–Kier alpha value is -0.870. The van der Waals surface area contributed by atoms with Crippen LogP contribution in [0.4, 0.5) is 0 Å². The third-order valence-corrected chi connectivity index (χ3v) is 6.47. The zero-order valence-corrected chi connectivity index (χ0v) is 19.0. The van der Waals surface area contributed by atoms with E-state index in [1.807, 2.05) is 42.5 Å². The fourth-order valence-electron chi connectivity index (χ4n) is 3.04. The lowest BCUT2D eigenvalue weighted by molar-refractivity contribution is 0.537. The molecule has 0 aliphatic carbocycles. The van der Waals surface area contributed by atoms with E-state index in [-0.39, 0.29) is 12.0 Å². The molecule has 0 radical (unpaired) electrons. The second kappa shape index (κ2) is 10.2. The topological polar surface area (TPSA) is 12.0 Å². The van der Waals surface area contributed by atoms with Crippen LogP contribution in [0, 0.1) is 0 Å². The van der Waals surface area contributed by atoms with Gasteiger partial charge in [0.2, 0.25) is 0 Å².